The third-order valence-electron chi connectivity index (χ3n) is 4.38. The van der Waals surface area contributed by atoms with Crippen LogP contribution in [0, 0.1) is 27.7 Å². The Morgan fingerprint density at radius 2 is 1.81 bits per heavy atom. The van der Waals surface area contributed by atoms with Crippen molar-refractivity contribution in [2.24, 2.45) is 0 Å². The maximum atomic E-state index is 12.6. The fourth-order valence-electron chi connectivity index (χ4n) is 3.10. The highest BCUT2D eigenvalue weighted by molar-refractivity contribution is 5.97. The fourth-order valence-corrected chi connectivity index (χ4v) is 3.10. The highest BCUT2D eigenvalue weighted by Gasteiger charge is 2.27. The van der Waals surface area contributed by atoms with E-state index in [2.05, 4.69) is 20.6 Å². The van der Waals surface area contributed by atoms with Gasteiger partial charge < -0.3 is 10.4 Å². The van der Waals surface area contributed by atoms with Gasteiger partial charge in [-0.1, -0.05) is 0 Å². The van der Waals surface area contributed by atoms with Crippen molar-refractivity contribution in [2.75, 3.05) is 0 Å². The zero-order valence-electron chi connectivity index (χ0n) is 15.6. The van der Waals surface area contributed by atoms with Crippen molar-refractivity contribution in [2.45, 2.75) is 33.7 Å². The molecule has 3 rings (SSSR count). The van der Waals surface area contributed by atoms with Crippen LogP contribution in [-0.4, -0.2) is 37.0 Å². The predicted molar refractivity (Wildman–Crippen MR) is 98.9 cm³/mol. The number of carboxylic acids is 1. The van der Waals surface area contributed by atoms with Crippen LogP contribution < -0.4 is 5.32 Å². The molecule has 0 aliphatic heterocycles. The van der Waals surface area contributed by atoms with Gasteiger partial charge in [0.15, 0.2) is 6.04 Å². The first-order valence-corrected chi connectivity index (χ1v) is 8.46. The molecule has 8 nitrogen and oxygen atoms in total. The molecule has 0 aliphatic rings. The molecule has 0 fully saturated rings. The molecule has 0 spiro atoms. The minimum absolute atomic E-state index is 0.366. The van der Waals surface area contributed by atoms with Crippen LogP contribution >= 0.6 is 0 Å². The molecule has 0 unspecified atom stereocenters. The number of nitrogens with one attached hydrogen (secondary N) is 2. The minimum Gasteiger partial charge on any atom is -0.479 e. The van der Waals surface area contributed by atoms with E-state index in [1.165, 1.54) is 0 Å². The molecule has 2 heterocycles. The molecule has 1 atom stereocenters. The van der Waals surface area contributed by atoms with Gasteiger partial charge in [0.2, 0.25) is 0 Å². The number of carbonyl (C=O) groups excluding carboxylic acids is 1. The van der Waals surface area contributed by atoms with E-state index in [0.717, 1.165) is 17.1 Å². The molecule has 27 heavy (non-hydrogen) atoms. The second-order valence-corrected chi connectivity index (χ2v) is 6.48. The van der Waals surface area contributed by atoms with E-state index in [1.807, 2.05) is 19.9 Å². The summed E-state index contributed by atoms with van der Waals surface area (Å²) >= 11 is 0. The average molecular weight is 367 g/mol. The number of hydrogen-bond acceptors (Lipinski definition) is 4. The maximum Gasteiger partial charge on any atom is 0.331 e. The molecule has 1 amide bonds. The van der Waals surface area contributed by atoms with Gasteiger partial charge in [0.25, 0.3) is 5.91 Å². The monoisotopic (exact) mass is 367 g/mol. The van der Waals surface area contributed by atoms with E-state index in [4.69, 9.17) is 0 Å². The summed E-state index contributed by atoms with van der Waals surface area (Å²) in [7, 11) is 0. The van der Waals surface area contributed by atoms with Crippen molar-refractivity contribution in [3.63, 3.8) is 0 Å². The first-order chi connectivity index (χ1) is 12.8. The van der Waals surface area contributed by atoms with Gasteiger partial charge in [0.05, 0.1) is 17.1 Å². The van der Waals surface area contributed by atoms with Gasteiger partial charge in [-0.3, -0.25) is 9.89 Å². The Bertz CT molecular complexity index is 982. The summed E-state index contributed by atoms with van der Waals surface area (Å²) in [5.74, 6) is -1.61. The van der Waals surface area contributed by atoms with E-state index < -0.39 is 17.9 Å². The van der Waals surface area contributed by atoms with Crippen molar-refractivity contribution in [3.05, 3.63) is 64.2 Å². The molecule has 8 heteroatoms. The van der Waals surface area contributed by atoms with Crippen molar-refractivity contribution < 1.29 is 14.7 Å². The summed E-state index contributed by atoms with van der Waals surface area (Å²) in [6.07, 6.45) is 0. The largest absolute Gasteiger partial charge is 0.479 e. The van der Waals surface area contributed by atoms with Gasteiger partial charge in [-0.15, -0.1) is 0 Å². The molecule has 0 bridgehead atoms. The number of rotatable bonds is 5. The lowest BCUT2D eigenvalue weighted by molar-refractivity contribution is -0.139. The number of aromatic nitrogens is 4. The number of benzene rings is 1. The normalized spacial score (nSPS) is 12.0. The minimum atomic E-state index is -1.17. The van der Waals surface area contributed by atoms with Gasteiger partial charge in [0.1, 0.15) is 0 Å². The Balaban J connectivity index is 1.83. The first-order valence-electron chi connectivity index (χ1n) is 8.46. The van der Waals surface area contributed by atoms with Crippen molar-refractivity contribution >= 4 is 11.9 Å². The van der Waals surface area contributed by atoms with Crippen molar-refractivity contribution in [1.29, 1.82) is 0 Å². The van der Waals surface area contributed by atoms with Gasteiger partial charge in [0, 0.05) is 22.5 Å². The van der Waals surface area contributed by atoms with Crippen LogP contribution in [0.15, 0.2) is 30.3 Å². The number of aromatic amines is 1. The van der Waals surface area contributed by atoms with Crippen molar-refractivity contribution in [3.8, 4) is 5.69 Å². The van der Waals surface area contributed by atoms with Crippen LogP contribution in [-0.2, 0) is 4.79 Å². The van der Waals surface area contributed by atoms with Crippen LogP contribution in [0.1, 0.15) is 44.7 Å². The lowest BCUT2D eigenvalue weighted by Gasteiger charge is -2.15. The second-order valence-electron chi connectivity index (χ2n) is 6.48. The van der Waals surface area contributed by atoms with Crippen molar-refractivity contribution in [1.82, 2.24) is 25.3 Å². The number of carbonyl (C=O) groups is 2. The van der Waals surface area contributed by atoms with E-state index in [0.29, 0.717) is 22.5 Å². The summed E-state index contributed by atoms with van der Waals surface area (Å²) in [6.45, 7) is 7.29. The van der Waals surface area contributed by atoms with Gasteiger partial charge in [-0.2, -0.15) is 10.2 Å². The van der Waals surface area contributed by atoms with Gasteiger partial charge >= 0.3 is 5.97 Å². The third kappa shape index (κ3) is 3.59. The third-order valence-corrected chi connectivity index (χ3v) is 4.38. The topological polar surface area (TPSA) is 113 Å². The summed E-state index contributed by atoms with van der Waals surface area (Å²) in [5.41, 5.74) is 4.71. The maximum absolute atomic E-state index is 12.6. The number of H-pyrrole nitrogens is 1. The lowest BCUT2D eigenvalue weighted by Crippen LogP contribution is -2.34. The molecule has 0 aliphatic carbocycles. The van der Waals surface area contributed by atoms with Gasteiger partial charge in [-0.05, 0) is 58.0 Å². The SMILES string of the molecule is Cc1cc(C)n(-c2ccc(C(=O)N[C@H](C(=O)O)c3c(C)n[nH]c3C)cc2)n1. The Labute approximate surface area is 156 Å². The number of nitrogens with zero attached hydrogens (tertiary/aromatic N) is 3. The molecule has 3 N–H and O–H groups in total. The highest BCUT2D eigenvalue weighted by atomic mass is 16.4. The van der Waals surface area contributed by atoms with E-state index in [-0.39, 0.29) is 0 Å². The smallest absolute Gasteiger partial charge is 0.331 e. The van der Waals surface area contributed by atoms with E-state index in [1.54, 1.807) is 42.8 Å². The Morgan fingerprint density at radius 3 is 2.30 bits per heavy atom. The summed E-state index contributed by atoms with van der Waals surface area (Å²) < 4.78 is 1.79. The summed E-state index contributed by atoms with van der Waals surface area (Å²) in [4.78, 5) is 24.2. The van der Waals surface area contributed by atoms with Gasteiger partial charge in [-0.25, -0.2) is 9.48 Å². The van der Waals surface area contributed by atoms with Crippen LogP contribution in [0.2, 0.25) is 0 Å². The second kappa shape index (κ2) is 7.06. The zero-order chi connectivity index (χ0) is 19.7. The number of aliphatic carboxylic acids is 1. The molecular formula is C19H21N5O3. The molecule has 2 aromatic heterocycles. The first kappa shape index (κ1) is 18.4. The lowest BCUT2D eigenvalue weighted by atomic mass is 10.0. The summed E-state index contributed by atoms with van der Waals surface area (Å²) in [5, 5.41) is 23.3. The Hall–Kier alpha value is -3.42. The summed E-state index contributed by atoms with van der Waals surface area (Å²) in [6, 6.07) is 7.64. The standard InChI is InChI=1S/C19H21N5O3/c1-10-9-11(2)24(23-10)15-7-5-14(6-8-15)18(25)20-17(19(26)27)16-12(3)21-22-13(16)4/h5-9,17H,1-4H3,(H,20,25)(H,21,22)(H,26,27)/t17-/m0/s1. The molecule has 0 saturated carbocycles. The molecule has 1 aromatic carbocycles. The number of carboxylic acid groups (broad SMARTS) is 1. The predicted octanol–water partition coefficient (Wildman–Crippen LogP) is 2.38. The molecule has 140 valence electrons. The molecular weight excluding hydrogens is 346 g/mol. The number of aryl methyl sites for hydroxylation is 4. The quantitative estimate of drug-likeness (QED) is 0.641. The average Bonchev–Trinajstić information content (AvgIpc) is 3.13. The van der Waals surface area contributed by atoms with Crippen LogP contribution in [0.5, 0.6) is 0 Å². The highest BCUT2D eigenvalue weighted by Crippen LogP contribution is 2.21. The molecule has 3 aromatic rings. The Morgan fingerprint density at radius 1 is 1.15 bits per heavy atom. The number of amides is 1. The molecule has 0 radical (unpaired) electrons. The zero-order valence-corrected chi connectivity index (χ0v) is 15.6. The van der Waals surface area contributed by atoms with Crippen LogP contribution in [0.3, 0.4) is 0 Å². The van der Waals surface area contributed by atoms with Crippen LogP contribution in [0.4, 0.5) is 0 Å². The van der Waals surface area contributed by atoms with E-state index in [9.17, 15) is 14.7 Å². The number of hydrogen-bond donors (Lipinski definition) is 3. The molecule has 0 saturated heterocycles. The Kier molecular flexibility index (Phi) is 4.81. The fraction of sp³-hybridized carbons (Fsp3) is 0.263. The van der Waals surface area contributed by atoms with Crippen LogP contribution in [0.25, 0.3) is 5.69 Å². The van der Waals surface area contributed by atoms with E-state index >= 15 is 0 Å².